The number of phenolic OH excluding ortho intramolecular Hbond substituents is 1. The molecule has 0 aromatic heterocycles. The molecule has 0 heterocycles. The predicted molar refractivity (Wildman–Crippen MR) is 174 cm³/mol. The van der Waals surface area contributed by atoms with E-state index >= 15 is 0 Å². The van der Waals surface area contributed by atoms with E-state index in [1.165, 1.54) is 38.1 Å². The summed E-state index contributed by atoms with van der Waals surface area (Å²) in [5.74, 6) is -9.94. The maximum Gasteiger partial charge on any atom is 0.326 e. The first-order valence-corrected chi connectivity index (χ1v) is 15.5. The summed E-state index contributed by atoms with van der Waals surface area (Å²) in [6, 6.07) is 4.24. The highest BCUT2D eigenvalue weighted by molar-refractivity contribution is 6.03. The first kappa shape index (κ1) is 41.1. The molecule has 5 atom stereocenters. The van der Waals surface area contributed by atoms with E-state index < -0.39 is 78.1 Å². The number of amides is 4. The normalized spacial score (nSPS) is 14.0. The minimum absolute atomic E-state index is 0.0312. The number of carboxylic acids is 2. The number of hydrogen-bond acceptors (Lipinski definition) is 10. The number of nitrogens with two attached hydrogens (primary N) is 4. The van der Waals surface area contributed by atoms with Crippen molar-refractivity contribution in [3.05, 3.63) is 29.8 Å². The molecule has 0 aliphatic rings. The minimum atomic E-state index is -1.54. The largest absolute Gasteiger partial charge is 0.508 e. The van der Waals surface area contributed by atoms with E-state index in [2.05, 4.69) is 26.3 Å². The molecule has 0 spiro atoms. The Labute approximate surface area is 278 Å². The summed E-state index contributed by atoms with van der Waals surface area (Å²) in [4.78, 5) is 80.4. The maximum atomic E-state index is 13.3. The quantitative estimate of drug-likeness (QED) is 0.0208. The first-order valence-electron chi connectivity index (χ1n) is 15.5. The molecule has 0 saturated heterocycles. The van der Waals surface area contributed by atoms with Gasteiger partial charge in [-0.3, -0.25) is 29.0 Å². The van der Waals surface area contributed by atoms with Gasteiger partial charge in [-0.2, -0.15) is 0 Å². The number of unbranched alkanes of at least 4 members (excludes halogenated alkanes) is 1. The van der Waals surface area contributed by atoms with Gasteiger partial charge in [0.15, 0.2) is 5.96 Å². The zero-order valence-corrected chi connectivity index (χ0v) is 27.2. The number of carbonyl (C=O) groups is 6. The Morgan fingerprint density at radius 3 is 1.94 bits per heavy atom. The van der Waals surface area contributed by atoms with Crippen LogP contribution >= 0.6 is 0 Å². The van der Waals surface area contributed by atoms with Crippen molar-refractivity contribution in [2.45, 2.75) is 77.2 Å². The lowest BCUT2D eigenvalue weighted by Crippen LogP contribution is -2.57. The number of benzene rings is 1. The number of nitrogens with zero attached hydrogens (tertiary/aromatic N) is 1. The number of aromatic hydroxyl groups is 1. The number of aliphatic imine (C=N–C) groups is 1. The lowest BCUT2D eigenvalue weighted by Gasteiger charge is -2.27. The summed E-state index contributed by atoms with van der Waals surface area (Å²) in [7, 11) is 0. The number of guanidine groups is 1. The fourth-order valence-electron chi connectivity index (χ4n) is 4.65. The summed E-state index contributed by atoms with van der Waals surface area (Å²) >= 11 is 0. The average molecular weight is 680 g/mol. The molecule has 1 aromatic carbocycles. The van der Waals surface area contributed by atoms with Crippen LogP contribution in [0, 0.1) is 17.8 Å². The highest BCUT2D eigenvalue weighted by Gasteiger charge is 2.36. The van der Waals surface area contributed by atoms with Crippen molar-refractivity contribution in [3.8, 4) is 5.75 Å². The van der Waals surface area contributed by atoms with E-state index in [1.54, 1.807) is 0 Å². The van der Waals surface area contributed by atoms with Gasteiger partial charge in [-0.25, -0.2) is 4.79 Å². The summed E-state index contributed by atoms with van der Waals surface area (Å²) in [5, 5.41) is 38.3. The summed E-state index contributed by atoms with van der Waals surface area (Å²) in [6.45, 7) is 3.63. The number of rotatable bonds is 22. The van der Waals surface area contributed by atoms with Crippen LogP contribution in [0.25, 0.3) is 0 Å². The third-order valence-corrected chi connectivity index (χ3v) is 7.11. The van der Waals surface area contributed by atoms with E-state index in [4.69, 9.17) is 22.9 Å². The van der Waals surface area contributed by atoms with Crippen molar-refractivity contribution in [2.24, 2.45) is 45.7 Å². The van der Waals surface area contributed by atoms with Crippen LogP contribution in [0.5, 0.6) is 5.75 Å². The van der Waals surface area contributed by atoms with Crippen molar-refractivity contribution in [1.29, 1.82) is 0 Å². The third kappa shape index (κ3) is 15.5. The molecule has 4 amide bonds. The van der Waals surface area contributed by atoms with Crippen molar-refractivity contribution < 1.29 is 44.1 Å². The van der Waals surface area contributed by atoms with Crippen LogP contribution in [0.4, 0.5) is 0 Å². The van der Waals surface area contributed by atoms with E-state index in [0.29, 0.717) is 31.4 Å². The Kier molecular flexibility index (Phi) is 18.0. The Balaban J connectivity index is 3.08. The number of aliphatic carboxylic acids is 2. The van der Waals surface area contributed by atoms with Crippen LogP contribution in [0.15, 0.2) is 29.3 Å². The fraction of sp³-hybridized carbons (Fsp3) is 0.567. The Morgan fingerprint density at radius 1 is 0.812 bits per heavy atom. The summed E-state index contributed by atoms with van der Waals surface area (Å²) in [5.41, 5.74) is 22.6. The van der Waals surface area contributed by atoms with Crippen LogP contribution in [0.1, 0.15) is 57.9 Å². The van der Waals surface area contributed by atoms with Gasteiger partial charge in [0.25, 0.3) is 0 Å². The molecular formula is C30H49N9O9. The van der Waals surface area contributed by atoms with E-state index in [1.807, 2.05) is 0 Å². The van der Waals surface area contributed by atoms with Gasteiger partial charge >= 0.3 is 11.9 Å². The molecule has 15 N–H and O–H groups in total. The number of nitrogens with one attached hydrogen (secondary N) is 4. The van der Waals surface area contributed by atoms with Crippen LogP contribution < -0.4 is 44.2 Å². The molecule has 0 aliphatic heterocycles. The second-order valence-corrected chi connectivity index (χ2v) is 11.6. The maximum absolute atomic E-state index is 13.3. The smallest absolute Gasteiger partial charge is 0.326 e. The highest BCUT2D eigenvalue weighted by Crippen LogP contribution is 2.16. The average Bonchev–Trinajstić information content (AvgIpc) is 2.97. The number of hydrogen-bond donors (Lipinski definition) is 11. The Hall–Kier alpha value is -4.97. The molecule has 268 valence electrons. The molecule has 4 unspecified atom stereocenters. The van der Waals surface area contributed by atoms with Crippen molar-refractivity contribution >= 4 is 41.5 Å². The van der Waals surface area contributed by atoms with Crippen molar-refractivity contribution in [2.75, 3.05) is 13.1 Å². The van der Waals surface area contributed by atoms with Gasteiger partial charge in [-0.05, 0) is 55.8 Å². The molecule has 0 aliphatic carbocycles. The van der Waals surface area contributed by atoms with Gasteiger partial charge in [0.2, 0.25) is 23.6 Å². The zero-order valence-electron chi connectivity index (χ0n) is 27.2. The lowest BCUT2D eigenvalue weighted by molar-refractivity contribution is -0.145. The molecule has 1 rings (SSSR count). The highest BCUT2D eigenvalue weighted by atomic mass is 16.4. The summed E-state index contributed by atoms with van der Waals surface area (Å²) < 4.78 is 0. The molecule has 0 fully saturated rings. The van der Waals surface area contributed by atoms with Gasteiger partial charge in [0, 0.05) is 13.0 Å². The SMILES string of the molecule is CC(C)C(C(=O)NC(CC(=O)O)NC(=O)C(CCCCN)C(=O)NC(N)CCCN=C(N)N)C(=O)N[C@@H](Cc1ccc(O)cc1)C(=O)O. The lowest BCUT2D eigenvalue weighted by atomic mass is 9.93. The van der Waals surface area contributed by atoms with Crippen LogP contribution in [0.3, 0.4) is 0 Å². The van der Waals surface area contributed by atoms with Gasteiger partial charge in [-0.1, -0.05) is 32.4 Å². The zero-order chi connectivity index (χ0) is 36.4. The molecular weight excluding hydrogens is 630 g/mol. The summed E-state index contributed by atoms with van der Waals surface area (Å²) in [6.07, 6.45) is -1.71. The van der Waals surface area contributed by atoms with Gasteiger partial charge in [-0.15, -0.1) is 0 Å². The van der Waals surface area contributed by atoms with Gasteiger partial charge < -0.3 is 59.5 Å². The Bertz CT molecular complexity index is 1270. The molecule has 48 heavy (non-hydrogen) atoms. The number of phenols is 1. The fourth-order valence-corrected chi connectivity index (χ4v) is 4.65. The first-order chi connectivity index (χ1) is 22.5. The van der Waals surface area contributed by atoms with E-state index in [0.717, 1.165) is 0 Å². The van der Waals surface area contributed by atoms with Gasteiger partial charge in [0.1, 0.15) is 29.8 Å². The standard InChI is InChI=1S/C30H49N9O9/c1-16(2)24(27(45)36-20(29(47)48)14-17-8-10-18(40)11-9-17)28(46)39-22(15-23(41)42)38-26(44)19(6-3-4-12-31)25(43)37-21(32)7-5-13-35-30(33)34/h8-11,16,19-22,24,40H,3-7,12-15,31-32H2,1-2H3,(H,36,45)(H,37,43)(H,38,44)(H,39,46)(H,41,42)(H,47,48)(H4,33,34,35)/t19?,20-,21?,22?,24?/m0/s1. The monoisotopic (exact) mass is 679 g/mol. The Morgan fingerprint density at radius 2 is 1.40 bits per heavy atom. The van der Waals surface area contributed by atoms with Crippen LogP contribution in [-0.2, 0) is 35.2 Å². The van der Waals surface area contributed by atoms with E-state index in [-0.39, 0.29) is 37.5 Å². The van der Waals surface area contributed by atoms with E-state index in [9.17, 15) is 44.1 Å². The third-order valence-electron chi connectivity index (χ3n) is 7.11. The van der Waals surface area contributed by atoms with Gasteiger partial charge in [0.05, 0.1) is 12.6 Å². The minimum Gasteiger partial charge on any atom is -0.508 e. The topological polar surface area (TPSA) is 328 Å². The molecule has 18 heteroatoms. The van der Waals surface area contributed by atoms with Crippen molar-refractivity contribution in [3.63, 3.8) is 0 Å². The van der Waals surface area contributed by atoms with Crippen molar-refractivity contribution in [1.82, 2.24) is 21.3 Å². The number of carboxylic acid groups (broad SMARTS) is 2. The molecule has 1 aromatic rings. The van der Waals surface area contributed by atoms with Crippen LogP contribution in [0.2, 0.25) is 0 Å². The van der Waals surface area contributed by atoms with Crippen LogP contribution in [-0.4, -0.2) is 88.3 Å². The molecule has 0 bridgehead atoms. The molecule has 0 saturated carbocycles. The second-order valence-electron chi connectivity index (χ2n) is 11.6. The predicted octanol–water partition coefficient (Wildman–Crippen LogP) is -1.99. The second kappa shape index (κ2) is 21.0. The molecule has 0 radical (unpaired) electrons. The number of carbonyl (C=O) groups excluding carboxylic acids is 4. The molecule has 18 nitrogen and oxygen atoms in total.